The van der Waals surface area contributed by atoms with Crippen LogP contribution in [0.4, 0.5) is 0 Å². The Labute approximate surface area is 86.5 Å². The topological polar surface area (TPSA) is 15.3 Å². The minimum Gasteiger partial charge on any atom is -0.307 e. The minimum atomic E-state index is 0.696. The maximum Gasteiger partial charge on any atom is 0.0421 e. The van der Waals surface area contributed by atoms with E-state index < -0.39 is 0 Å². The molecule has 0 aliphatic carbocycles. The molecule has 2 nitrogen and oxygen atoms in total. The largest absolute Gasteiger partial charge is 0.307 e. The minimum absolute atomic E-state index is 0.696. The molecule has 1 unspecified atom stereocenters. The number of nitrogens with one attached hydrogen (secondary N) is 1. The molecule has 78 valence electrons. The van der Waals surface area contributed by atoms with Gasteiger partial charge in [-0.05, 0) is 19.9 Å². The molecule has 0 spiro atoms. The summed E-state index contributed by atoms with van der Waals surface area (Å²) in [7, 11) is 2.24. The molecule has 1 aliphatic rings. The van der Waals surface area contributed by atoms with Crippen LogP contribution in [0.15, 0.2) is 0 Å². The van der Waals surface area contributed by atoms with E-state index in [-0.39, 0.29) is 0 Å². The van der Waals surface area contributed by atoms with Crippen molar-refractivity contribution in [3.05, 3.63) is 0 Å². The maximum atomic E-state index is 3.38. The van der Waals surface area contributed by atoms with Gasteiger partial charge in [0.25, 0.3) is 0 Å². The molecule has 13 heavy (non-hydrogen) atoms. The summed E-state index contributed by atoms with van der Waals surface area (Å²) in [5.74, 6) is 1.89. The maximum absolute atomic E-state index is 3.38. The zero-order valence-electron chi connectivity index (χ0n) is 9.21. The van der Waals surface area contributed by atoms with Gasteiger partial charge in [0.2, 0.25) is 0 Å². The summed E-state index contributed by atoms with van der Waals surface area (Å²) in [5, 5.41) is 4.18. The lowest BCUT2D eigenvalue weighted by Crippen LogP contribution is -2.38. The molecule has 1 heterocycles. The van der Waals surface area contributed by atoms with Crippen molar-refractivity contribution >= 4 is 11.8 Å². The van der Waals surface area contributed by atoms with Crippen LogP contribution in [0.5, 0.6) is 0 Å². The summed E-state index contributed by atoms with van der Waals surface area (Å²) >= 11 is 2.05. The molecule has 0 aromatic heterocycles. The third kappa shape index (κ3) is 3.49. The number of hydrogen-bond donors (Lipinski definition) is 1. The summed E-state index contributed by atoms with van der Waals surface area (Å²) in [5.41, 5.74) is 0. The quantitative estimate of drug-likeness (QED) is 0.746. The van der Waals surface area contributed by atoms with Crippen LogP contribution < -0.4 is 5.32 Å². The van der Waals surface area contributed by atoms with Crippen LogP contribution in [0, 0.1) is 5.92 Å². The first kappa shape index (κ1) is 11.3. The van der Waals surface area contributed by atoms with Gasteiger partial charge >= 0.3 is 0 Å². The van der Waals surface area contributed by atoms with Crippen LogP contribution in [-0.4, -0.2) is 42.2 Å². The van der Waals surface area contributed by atoms with Crippen molar-refractivity contribution < 1.29 is 0 Å². The van der Waals surface area contributed by atoms with E-state index >= 15 is 0 Å². The Morgan fingerprint density at radius 3 is 2.62 bits per heavy atom. The number of hydrogen-bond acceptors (Lipinski definition) is 3. The van der Waals surface area contributed by atoms with E-state index in [4.69, 9.17) is 0 Å². The van der Waals surface area contributed by atoms with Gasteiger partial charge in [-0.1, -0.05) is 13.8 Å². The fourth-order valence-corrected chi connectivity index (χ4v) is 2.62. The molecule has 2 atom stereocenters. The van der Waals surface area contributed by atoms with Crippen LogP contribution in [-0.2, 0) is 0 Å². The van der Waals surface area contributed by atoms with E-state index in [1.54, 1.807) is 0 Å². The molecule has 0 aromatic carbocycles. The first-order valence-electron chi connectivity index (χ1n) is 5.14. The summed E-state index contributed by atoms with van der Waals surface area (Å²) < 4.78 is 0. The second kappa shape index (κ2) is 5.23. The predicted octanol–water partition coefficient (Wildman–Crippen LogP) is 1.63. The highest BCUT2D eigenvalue weighted by Gasteiger charge is 2.20. The second-order valence-electron chi connectivity index (χ2n) is 4.31. The van der Waals surface area contributed by atoms with Crippen LogP contribution in [0.1, 0.15) is 20.8 Å². The summed E-state index contributed by atoms with van der Waals surface area (Å²) in [6.07, 6.45) is 0. The van der Waals surface area contributed by atoms with Crippen LogP contribution in [0.3, 0.4) is 0 Å². The smallest absolute Gasteiger partial charge is 0.0421 e. The van der Waals surface area contributed by atoms with Gasteiger partial charge in [0.05, 0.1) is 0 Å². The summed E-state index contributed by atoms with van der Waals surface area (Å²) in [6.45, 7) is 9.30. The molecular weight excluding hydrogens is 180 g/mol. The Bertz CT molecular complexity index is 144. The third-order valence-electron chi connectivity index (χ3n) is 2.94. The van der Waals surface area contributed by atoms with Gasteiger partial charge in [-0.25, -0.2) is 0 Å². The van der Waals surface area contributed by atoms with Gasteiger partial charge in [-0.2, -0.15) is 0 Å². The summed E-state index contributed by atoms with van der Waals surface area (Å²) in [4.78, 5) is 2.48. The van der Waals surface area contributed by atoms with E-state index in [0.29, 0.717) is 6.04 Å². The number of rotatable bonds is 4. The van der Waals surface area contributed by atoms with Crippen molar-refractivity contribution in [1.29, 1.82) is 0 Å². The van der Waals surface area contributed by atoms with Gasteiger partial charge < -0.3 is 10.2 Å². The van der Waals surface area contributed by atoms with E-state index in [1.807, 2.05) is 11.8 Å². The van der Waals surface area contributed by atoms with Crippen molar-refractivity contribution in [2.24, 2.45) is 5.92 Å². The average Bonchev–Trinajstić information content (AvgIpc) is 2.55. The number of nitrogens with zero attached hydrogens (tertiary/aromatic N) is 1. The predicted molar refractivity (Wildman–Crippen MR) is 61.2 cm³/mol. The molecule has 1 fully saturated rings. The monoisotopic (exact) mass is 202 g/mol. The number of thioether (sulfide) groups is 1. The molecule has 1 aliphatic heterocycles. The highest BCUT2D eigenvalue weighted by Crippen LogP contribution is 2.17. The van der Waals surface area contributed by atoms with Gasteiger partial charge in [-0.15, -0.1) is 11.8 Å². The van der Waals surface area contributed by atoms with E-state index in [2.05, 4.69) is 38.0 Å². The van der Waals surface area contributed by atoms with Crippen molar-refractivity contribution in [1.82, 2.24) is 10.2 Å². The van der Waals surface area contributed by atoms with Crippen molar-refractivity contribution in [3.8, 4) is 0 Å². The third-order valence-corrected chi connectivity index (χ3v) is 4.10. The first-order valence-corrected chi connectivity index (χ1v) is 6.18. The SMILES string of the molecule is CC(C)[C@H](C)N(C)CC1CNCS1. The lowest BCUT2D eigenvalue weighted by Gasteiger charge is -2.29. The summed E-state index contributed by atoms with van der Waals surface area (Å²) in [6, 6.07) is 0.696. The zero-order valence-corrected chi connectivity index (χ0v) is 10.0. The van der Waals surface area contributed by atoms with Crippen LogP contribution in [0.25, 0.3) is 0 Å². The zero-order chi connectivity index (χ0) is 9.84. The van der Waals surface area contributed by atoms with Crippen molar-refractivity contribution in [2.45, 2.75) is 32.1 Å². The van der Waals surface area contributed by atoms with Crippen LogP contribution in [0.2, 0.25) is 0 Å². The molecule has 0 bridgehead atoms. The Morgan fingerprint density at radius 1 is 1.46 bits per heavy atom. The Morgan fingerprint density at radius 2 is 2.15 bits per heavy atom. The molecular formula is C10H22N2S. The highest BCUT2D eigenvalue weighted by atomic mass is 32.2. The lowest BCUT2D eigenvalue weighted by molar-refractivity contribution is 0.209. The van der Waals surface area contributed by atoms with Crippen LogP contribution >= 0.6 is 11.8 Å². The molecule has 0 radical (unpaired) electrons. The Hall–Kier alpha value is 0.270. The van der Waals surface area contributed by atoms with E-state index in [0.717, 1.165) is 17.0 Å². The van der Waals surface area contributed by atoms with Gasteiger partial charge in [0.15, 0.2) is 0 Å². The molecule has 0 aromatic rings. The Kier molecular flexibility index (Phi) is 4.56. The molecule has 0 saturated carbocycles. The van der Waals surface area contributed by atoms with Crippen molar-refractivity contribution in [2.75, 3.05) is 26.0 Å². The Balaban J connectivity index is 2.26. The lowest BCUT2D eigenvalue weighted by atomic mass is 10.1. The molecule has 1 saturated heterocycles. The second-order valence-corrected chi connectivity index (χ2v) is 5.60. The standard InChI is InChI=1S/C10H22N2S/c1-8(2)9(3)12(4)6-10-5-11-7-13-10/h8-11H,5-7H2,1-4H3/t9-,10?/m0/s1. The normalized spacial score (nSPS) is 25.8. The first-order chi connectivity index (χ1) is 6.11. The molecule has 3 heteroatoms. The van der Waals surface area contributed by atoms with E-state index in [1.165, 1.54) is 13.1 Å². The highest BCUT2D eigenvalue weighted by molar-refractivity contribution is 8.00. The van der Waals surface area contributed by atoms with Gasteiger partial charge in [0, 0.05) is 30.3 Å². The molecule has 0 amide bonds. The van der Waals surface area contributed by atoms with Gasteiger partial charge in [-0.3, -0.25) is 0 Å². The fourth-order valence-electron chi connectivity index (χ4n) is 1.57. The van der Waals surface area contributed by atoms with Crippen molar-refractivity contribution in [3.63, 3.8) is 0 Å². The van der Waals surface area contributed by atoms with Gasteiger partial charge in [0.1, 0.15) is 0 Å². The average molecular weight is 202 g/mol. The molecule has 1 rings (SSSR count). The van der Waals surface area contributed by atoms with E-state index in [9.17, 15) is 0 Å². The molecule has 1 N–H and O–H groups in total. The fraction of sp³-hybridized carbons (Fsp3) is 1.00.